The summed E-state index contributed by atoms with van der Waals surface area (Å²) in [5.41, 5.74) is 17.5. The number of phenols is 2. The van der Waals surface area contributed by atoms with Gasteiger partial charge in [-0.2, -0.15) is 54.1 Å². The molecule has 0 heterocycles. The SMILES string of the molecule is COS(=O)(=O)c1cc(N=Nc2ccc(N)c3c(O)c(N=Nc4ccc(C(N)=O)cc4)c(CS(=O)(=O)O)cc23)ccc1/C=C/c1ccc(N=Nc2ccc(N)c3c(O)c(N=Nc4ccc(C(C)=O)cc4)c(S(=O)(=O)OC)cc23)cc1CS(=O)(=O)O. The third-order valence-corrected chi connectivity index (χ3v) is 16.3. The van der Waals surface area contributed by atoms with E-state index < -0.39 is 84.9 Å². The molecule has 0 aliphatic rings. The molecule has 8 rings (SSSR count). The van der Waals surface area contributed by atoms with Gasteiger partial charge in [0.2, 0.25) is 5.91 Å². The molecule has 0 aliphatic heterocycles. The first-order valence-electron chi connectivity index (χ1n) is 23.9. The van der Waals surface area contributed by atoms with Gasteiger partial charge in [0.1, 0.15) is 32.7 Å². The molecular weight excluding hydrogens is 1170 g/mol. The van der Waals surface area contributed by atoms with Crippen molar-refractivity contribution >= 4 is 143 Å². The van der Waals surface area contributed by atoms with E-state index >= 15 is 0 Å². The molecule has 27 nitrogen and oxygen atoms in total. The summed E-state index contributed by atoms with van der Waals surface area (Å²) in [6.07, 6.45) is 2.63. The number of ketones is 1. The van der Waals surface area contributed by atoms with Crippen LogP contribution in [0.5, 0.6) is 11.5 Å². The lowest BCUT2D eigenvalue weighted by Crippen LogP contribution is -2.10. The molecule has 0 atom stereocenters. The number of rotatable bonds is 20. The third-order valence-electron chi connectivity index (χ3n) is 12.3. The van der Waals surface area contributed by atoms with E-state index in [2.05, 4.69) is 40.9 Å². The van der Waals surface area contributed by atoms with Crippen LogP contribution in [-0.2, 0) is 60.3 Å². The van der Waals surface area contributed by atoms with Gasteiger partial charge in [0.25, 0.3) is 40.5 Å². The van der Waals surface area contributed by atoms with Gasteiger partial charge < -0.3 is 27.4 Å². The van der Waals surface area contributed by atoms with Crippen LogP contribution in [0.1, 0.15) is 49.9 Å². The Hall–Kier alpha value is -9.60. The van der Waals surface area contributed by atoms with E-state index in [1.54, 1.807) is 0 Å². The number of hydrogen-bond donors (Lipinski definition) is 7. The Balaban J connectivity index is 1.13. The summed E-state index contributed by atoms with van der Waals surface area (Å²) in [6, 6.07) is 26.9. The van der Waals surface area contributed by atoms with Crippen LogP contribution in [0.15, 0.2) is 172 Å². The fraction of sp³-hybridized carbons (Fsp3) is 0.0943. The summed E-state index contributed by atoms with van der Waals surface area (Å²) in [5, 5.41) is 55.8. The summed E-state index contributed by atoms with van der Waals surface area (Å²) in [7, 11) is -16.9. The van der Waals surface area contributed by atoms with E-state index in [9.17, 15) is 62.6 Å². The lowest BCUT2D eigenvalue weighted by atomic mass is 10.0. The Morgan fingerprint density at radius 1 is 0.488 bits per heavy atom. The van der Waals surface area contributed by atoms with E-state index in [1.165, 1.54) is 128 Å². The minimum Gasteiger partial charge on any atom is -0.505 e. The van der Waals surface area contributed by atoms with Crippen molar-refractivity contribution in [1.82, 2.24) is 0 Å². The van der Waals surface area contributed by atoms with Gasteiger partial charge in [-0.3, -0.25) is 27.1 Å². The fourth-order valence-corrected chi connectivity index (χ4v) is 11.2. The number of amides is 1. The van der Waals surface area contributed by atoms with Gasteiger partial charge in [0, 0.05) is 38.8 Å². The topological polar surface area (TPSA) is 447 Å². The molecule has 432 valence electrons. The van der Waals surface area contributed by atoms with Crippen molar-refractivity contribution in [2.24, 2.45) is 46.6 Å². The number of phenolic OH excluding ortho intramolecular Hbond substituents is 2. The van der Waals surface area contributed by atoms with Crippen LogP contribution >= 0.6 is 0 Å². The highest BCUT2D eigenvalue weighted by molar-refractivity contribution is 7.87. The Morgan fingerprint density at radius 3 is 1.43 bits per heavy atom. The summed E-state index contributed by atoms with van der Waals surface area (Å²) in [6.45, 7) is 1.37. The predicted octanol–water partition coefficient (Wildman–Crippen LogP) is 11.1. The number of anilines is 2. The molecule has 1 amide bonds. The van der Waals surface area contributed by atoms with Gasteiger partial charge in [-0.1, -0.05) is 24.3 Å². The number of nitrogens with zero attached hydrogens (tertiary/aromatic N) is 8. The van der Waals surface area contributed by atoms with Gasteiger partial charge in [0.15, 0.2) is 17.3 Å². The van der Waals surface area contributed by atoms with Crippen molar-refractivity contribution in [1.29, 1.82) is 0 Å². The summed E-state index contributed by atoms with van der Waals surface area (Å²) in [5.74, 6) is -4.30. The first-order chi connectivity index (χ1) is 39.6. The molecule has 10 N–H and O–H groups in total. The fourth-order valence-electron chi connectivity index (χ4n) is 8.23. The number of fused-ring (bicyclic) bond motifs is 2. The molecule has 0 bridgehead atoms. The van der Waals surface area contributed by atoms with Crippen LogP contribution in [-0.4, -0.2) is 78.9 Å². The number of nitrogen functional groups attached to an aromatic ring is 2. The highest BCUT2D eigenvalue weighted by Crippen LogP contribution is 2.48. The monoisotopic (exact) mass is 1220 g/mol. The van der Waals surface area contributed by atoms with Crippen LogP contribution in [0.4, 0.5) is 56.9 Å². The second-order valence-electron chi connectivity index (χ2n) is 17.9. The van der Waals surface area contributed by atoms with Crippen molar-refractivity contribution in [3.63, 3.8) is 0 Å². The molecule has 84 heavy (non-hydrogen) atoms. The molecule has 0 aromatic heterocycles. The molecule has 0 aliphatic carbocycles. The molecule has 8 aromatic carbocycles. The van der Waals surface area contributed by atoms with Crippen LogP contribution < -0.4 is 17.2 Å². The van der Waals surface area contributed by atoms with Gasteiger partial charge in [0.05, 0.1) is 59.1 Å². The highest BCUT2D eigenvalue weighted by Gasteiger charge is 2.27. The first kappa shape index (κ1) is 60.5. The number of aromatic hydroxyl groups is 2. The van der Waals surface area contributed by atoms with Gasteiger partial charge >= 0.3 is 0 Å². The third kappa shape index (κ3) is 13.8. The second kappa shape index (κ2) is 24.1. The lowest BCUT2D eigenvalue weighted by Gasteiger charge is -2.13. The lowest BCUT2D eigenvalue weighted by molar-refractivity contribution is 0.0996. The Labute approximate surface area is 478 Å². The van der Waals surface area contributed by atoms with Crippen LogP contribution in [0.3, 0.4) is 0 Å². The number of carbonyl (C=O) groups is 2. The average molecular weight is 1220 g/mol. The standard InChI is InChI=1S/C53H45N11O16S4/c1-28(65)29-6-12-35(13-7-29)58-64-50-46(84(77,78)80-3)25-40-44(21-19-42(55)48(40)52(50)67)62-59-37-16-8-30(33(22-37)26-81(69,70)71)4-5-31-9-17-38(24-45(31)83(75,76)79-2)60-61-43-20-18-41(54)47-39(43)23-34(27-82(72,73)74)49(51(47)66)63-57-36-14-10-32(11-15-36)53(56)68/h4-25,66-67H,26-27,54-55H2,1-3H3,(H2,56,68)(H,69,70,71)(H,72,73,74)/b5-4+,61-60?,62-59?,63-57?,64-58?. The number of nitrogens with two attached hydrogens (primary N) is 3. The highest BCUT2D eigenvalue weighted by atomic mass is 32.2. The zero-order chi connectivity index (χ0) is 61.1. The normalized spacial score (nSPS) is 12.8. The Kier molecular flexibility index (Phi) is 17.3. The molecule has 31 heteroatoms. The molecule has 0 unspecified atom stereocenters. The Morgan fingerprint density at radius 2 is 0.917 bits per heavy atom. The Bertz CT molecular complexity index is 4650. The maximum Gasteiger partial charge on any atom is 0.299 e. The first-order valence-corrected chi connectivity index (χ1v) is 29.9. The number of Topliss-reactive ketones (excluding diaryl/α,β-unsaturated/α-hetero) is 1. The number of hydrogen-bond acceptors (Lipinski definition) is 24. The summed E-state index contributed by atoms with van der Waals surface area (Å²) < 4.78 is 132. The summed E-state index contributed by atoms with van der Waals surface area (Å²) in [4.78, 5) is 22.2. The van der Waals surface area contributed by atoms with E-state index in [1.807, 2.05) is 0 Å². The van der Waals surface area contributed by atoms with Crippen LogP contribution in [0.2, 0.25) is 0 Å². The zero-order valence-electron chi connectivity index (χ0n) is 43.7. The predicted molar refractivity (Wildman–Crippen MR) is 309 cm³/mol. The molecule has 0 spiro atoms. The molecular formula is C53H45N11O16S4. The smallest absolute Gasteiger partial charge is 0.299 e. The van der Waals surface area contributed by atoms with Crippen LogP contribution in [0.25, 0.3) is 33.7 Å². The van der Waals surface area contributed by atoms with Crippen molar-refractivity contribution in [2.45, 2.75) is 28.2 Å². The van der Waals surface area contributed by atoms with Gasteiger partial charge in [-0.05, 0) is 133 Å². The molecule has 0 saturated carbocycles. The molecule has 8 aromatic rings. The average Bonchev–Trinajstić information content (AvgIpc) is 1.32. The van der Waals surface area contributed by atoms with Crippen molar-refractivity contribution in [3.8, 4) is 11.5 Å². The number of benzene rings is 8. The van der Waals surface area contributed by atoms with Gasteiger partial charge in [-0.15, -0.1) is 20.5 Å². The number of carbonyl (C=O) groups excluding carboxylic acids is 2. The van der Waals surface area contributed by atoms with Crippen LogP contribution in [0, 0.1) is 0 Å². The maximum atomic E-state index is 13.4. The second-order valence-corrected chi connectivity index (χ2v) is 24.2. The minimum absolute atomic E-state index is 0.00139. The zero-order valence-corrected chi connectivity index (χ0v) is 47.0. The molecule has 0 saturated heterocycles. The van der Waals surface area contributed by atoms with Gasteiger partial charge in [-0.25, -0.2) is 0 Å². The largest absolute Gasteiger partial charge is 0.505 e. The maximum absolute atomic E-state index is 13.4. The van der Waals surface area contributed by atoms with E-state index in [4.69, 9.17) is 25.6 Å². The molecule has 0 radical (unpaired) electrons. The minimum atomic E-state index is -4.76. The number of primary amides is 1. The number of azo groups is 4. The van der Waals surface area contributed by atoms with E-state index in [0.29, 0.717) is 5.56 Å². The molecule has 0 fully saturated rings. The van der Waals surface area contributed by atoms with E-state index in [-0.39, 0.29) is 106 Å². The van der Waals surface area contributed by atoms with Crippen molar-refractivity contribution < 1.29 is 70.9 Å². The van der Waals surface area contributed by atoms with Crippen molar-refractivity contribution in [2.75, 3.05) is 25.7 Å². The quantitative estimate of drug-likeness (QED) is 0.00930. The van der Waals surface area contributed by atoms with Crippen molar-refractivity contribution in [3.05, 3.63) is 155 Å². The summed E-state index contributed by atoms with van der Waals surface area (Å²) >= 11 is 0. The van der Waals surface area contributed by atoms with E-state index in [0.717, 1.165) is 26.4 Å².